The lowest BCUT2D eigenvalue weighted by atomic mass is 10.6. The minimum atomic E-state index is -0.227. The molecule has 1 aromatic rings. The molecule has 0 spiro atoms. The van der Waals surface area contributed by atoms with Gasteiger partial charge >= 0.3 is 0 Å². The van der Waals surface area contributed by atoms with Gasteiger partial charge in [-0.05, 0) is 0 Å². The highest BCUT2D eigenvalue weighted by atomic mass is 32.2. The smallest absolute Gasteiger partial charge is 0.273 e. The number of nitrogens with zero attached hydrogens (tertiary/aromatic N) is 2. The fourth-order valence-corrected chi connectivity index (χ4v) is 2.27. The number of thioether (sulfide) groups is 1. The van der Waals surface area contributed by atoms with Crippen LogP contribution in [0.5, 0.6) is 0 Å². The van der Waals surface area contributed by atoms with Crippen LogP contribution >= 0.6 is 23.1 Å². The summed E-state index contributed by atoms with van der Waals surface area (Å²) in [4.78, 5) is 27.3. The number of carbonyl (C=O) groups is 2. The minimum absolute atomic E-state index is 0.181. The zero-order valence-corrected chi connectivity index (χ0v) is 7.52. The van der Waals surface area contributed by atoms with E-state index in [2.05, 4.69) is 4.98 Å². The van der Waals surface area contributed by atoms with Crippen LogP contribution in [0.25, 0.3) is 0 Å². The lowest BCUT2D eigenvalue weighted by Gasteiger charge is -2.06. The van der Waals surface area contributed by atoms with Crippen LogP contribution in [0.2, 0.25) is 0 Å². The molecule has 0 aliphatic carbocycles. The molecule has 0 unspecified atom stereocenters. The summed E-state index contributed by atoms with van der Waals surface area (Å²) in [6.45, 7) is 0. The molecule has 2 rings (SSSR count). The van der Waals surface area contributed by atoms with E-state index in [-0.39, 0.29) is 16.9 Å². The first-order valence-corrected chi connectivity index (χ1v) is 5.05. The molecular formula is C6H4N2O2S2. The molecule has 0 N–H and O–H groups in total. The highest BCUT2D eigenvalue weighted by Crippen LogP contribution is 2.27. The molecule has 6 heteroatoms. The Morgan fingerprint density at radius 3 is 2.83 bits per heavy atom. The highest BCUT2D eigenvalue weighted by Gasteiger charge is 2.32. The van der Waals surface area contributed by atoms with Gasteiger partial charge in [-0.3, -0.25) is 9.59 Å². The van der Waals surface area contributed by atoms with Crippen molar-refractivity contribution in [2.45, 2.75) is 0 Å². The van der Waals surface area contributed by atoms with Gasteiger partial charge in [0.1, 0.15) is 0 Å². The van der Waals surface area contributed by atoms with Crippen molar-refractivity contribution in [3.05, 3.63) is 11.6 Å². The Balaban J connectivity index is 2.34. The highest BCUT2D eigenvalue weighted by molar-refractivity contribution is 8.15. The van der Waals surface area contributed by atoms with Crippen molar-refractivity contribution < 1.29 is 9.59 Å². The molecule has 0 atom stereocenters. The maximum atomic E-state index is 11.1. The van der Waals surface area contributed by atoms with Gasteiger partial charge in [-0.25, -0.2) is 9.88 Å². The van der Waals surface area contributed by atoms with E-state index in [4.69, 9.17) is 0 Å². The molecule has 62 valence electrons. The third-order valence-electron chi connectivity index (χ3n) is 1.36. The molecule has 2 heterocycles. The molecular weight excluding hydrogens is 196 g/mol. The number of imide groups is 1. The number of hydrogen-bond donors (Lipinski definition) is 0. The zero-order chi connectivity index (χ0) is 8.55. The predicted octanol–water partition coefficient (Wildman–Crippen LogP) is 1.34. The van der Waals surface area contributed by atoms with Crippen molar-refractivity contribution in [1.82, 2.24) is 4.98 Å². The van der Waals surface area contributed by atoms with Crippen LogP contribution in [-0.4, -0.2) is 21.9 Å². The van der Waals surface area contributed by atoms with Gasteiger partial charge in [0.05, 0.1) is 5.75 Å². The van der Waals surface area contributed by atoms with E-state index in [1.165, 1.54) is 11.3 Å². The Morgan fingerprint density at radius 2 is 2.33 bits per heavy atom. The molecule has 2 amide bonds. The van der Waals surface area contributed by atoms with Crippen LogP contribution in [0.15, 0.2) is 11.6 Å². The molecule has 0 aromatic carbocycles. The first-order chi connectivity index (χ1) is 5.79. The van der Waals surface area contributed by atoms with Gasteiger partial charge in [0, 0.05) is 11.6 Å². The van der Waals surface area contributed by atoms with Crippen molar-refractivity contribution in [3.63, 3.8) is 0 Å². The fraction of sp³-hybridized carbons (Fsp3) is 0.167. The second kappa shape index (κ2) is 2.87. The summed E-state index contributed by atoms with van der Waals surface area (Å²) in [7, 11) is 0. The molecule has 1 aromatic heterocycles. The third kappa shape index (κ3) is 1.12. The SMILES string of the molecule is O=C1CSC(=O)N1c1nccs1. The molecule has 0 bridgehead atoms. The summed E-state index contributed by atoms with van der Waals surface area (Å²) in [6, 6.07) is 0. The molecule has 1 aliphatic heterocycles. The normalized spacial score (nSPS) is 17.5. The molecule has 0 saturated carbocycles. The maximum absolute atomic E-state index is 11.1. The summed E-state index contributed by atoms with van der Waals surface area (Å²) in [5.74, 6) is 0.0539. The van der Waals surface area contributed by atoms with E-state index >= 15 is 0 Å². The first kappa shape index (κ1) is 7.75. The lowest BCUT2D eigenvalue weighted by Crippen LogP contribution is -2.27. The van der Waals surface area contributed by atoms with E-state index in [1.807, 2.05) is 0 Å². The van der Waals surface area contributed by atoms with Crippen LogP contribution in [0.3, 0.4) is 0 Å². The summed E-state index contributed by atoms with van der Waals surface area (Å²) in [5, 5.41) is 1.98. The second-order valence-electron chi connectivity index (χ2n) is 2.10. The zero-order valence-electron chi connectivity index (χ0n) is 5.89. The molecule has 4 nitrogen and oxygen atoms in total. The number of hydrogen-bond acceptors (Lipinski definition) is 5. The standard InChI is InChI=1S/C6H4N2O2S2/c9-4-3-12-6(10)8(4)5-7-1-2-11-5/h1-2H,3H2. The molecule has 1 aliphatic rings. The average Bonchev–Trinajstić information content (AvgIpc) is 2.61. The van der Waals surface area contributed by atoms with Crippen LogP contribution in [-0.2, 0) is 4.79 Å². The van der Waals surface area contributed by atoms with Crippen LogP contribution in [0.1, 0.15) is 0 Å². The summed E-state index contributed by atoms with van der Waals surface area (Å²) in [6.07, 6.45) is 1.57. The number of thiazole rings is 1. The first-order valence-electron chi connectivity index (χ1n) is 3.18. The summed E-state index contributed by atoms with van der Waals surface area (Å²) < 4.78 is 0. The van der Waals surface area contributed by atoms with Crippen molar-refractivity contribution in [3.8, 4) is 0 Å². The van der Waals surface area contributed by atoms with E-state index < -0.39 is 0 Å². The van der Waals surface area contributed by atoms with Gasteiger partial charge in [0.25, 0.3) is 5.24 Å². The van der Waals surface area contributed by atoms with Crippen molar-refractivity contribution in [1.29, 1.82) is 0 Å². The number of amides is 2. The van der Waals surface area contributed by atoms with Gasteiger partial charge in [0.2, 0.25) is 5.91 Å². The van der Waals surface area contributed by atoms with E-state index in [0.717, 1.165) is 16.7 Å². The number of aromatic nitrogens is 1. The van der Waals surface area contributed by atoms with Crippen LogP contribution in [0.4, 0.5) is 9.93 Å². The Morgan fingerprint density at radius 1 is 1.50 bits per heavy atom. The van der Waals surface area contributed by atoms with Gasteiger partial charge < -0.3 is 0 Å². The Kier molecular flexibility index (Phi) is 1.86. The lowest BCUT2D eigenvalue weighted by molar-refractivity contribution is -0.115. The van der Waals surface area contributed by atoms with Gasteiger partial charge in [-0.2, -0.15) is 0 Å². The second-order valence-corrected chi connectivity index (χ2v) is 3.90. The molecule has 12 heavy (non-hydrogen) atoms. The molecule has 1 saturated heterocycles. The fourth-order valence-electron chi connectivity index (χ4n) is 0.866. The number of carbonyl (C=O) groups excluding carboxylic acids is 2. The van der Waals surface area contributed by atoms with Crippen molar-refractivity contribution in [2.75, 3.05) is 10.7 Å². The quantitative estimate of drug-likeness (QED) is 0.686. The van der Waals surface area contributed by atoms with Crippen molar-refractivity contribution >= 4 is 39.4 Å². The van der Waals surface area contributed by atoms with E-state index in [1.54, 1.807) is 11.6 Å². The van der Waals surface area contributed by atoms with Crippen LogP contribution in [0, 0.1) is 0 Å². The van der Waals surface area contributed by atoms with Gasteiger partial charge in [0.15, 0.2) is 5.13 Å². The van der Waals surface area contributed by atoms with E-state index in [9.17, 15) is 9.59 Å². The third-order valence-corrected chi connectivity index (χ3v) is 2.94. The predicted molar refractivity (Wildman–Crippen MR) is 47.5 cm³/mol. The van der Waals surface area contributed by atoms with Crippen molar-refractivity contribution in [2.24, 2.45) is 0 Å². The number of anilines is 1. The average molecular weight is 200 g/mol. The Hall–Kier alpha value is -0.880. The Labute approximate surface area is 76.6 Å². The minimum Gasteiger partial charge on any atom is -0.273 e. The van der Waals surface area contributed by atoms with Gasteiger partial charge in [-0.15, -0.1) is 11.3 Å². The Bertz CT molecular complexity index is 306. The monoisotopic (exact) mass is 200 g/mol. The van der Waals surface area contributed by atoms with Gasteiger partial charge in [-0.1, -0.05) is 11.8 Å². The molecule has 1 fully saturated rings. The topological polar surface area (TPSA) is 50.3 Å². The number of rotatable bonds is 1. The molecule has 0 radical (unpaired) electrons. The van der Waals surface area contributed by atoms with E-state index in [0.29, 0.717) is 5.13 Å². The maximum Gasteiger partial charge on any atom is 0.295 e. The van der Waals surface area contributed by atoms with Crippen LogP contribution < -0.4 is 4.90 Å². The summed E-state index contributed by atoms with van der Waals surface area (Å²) in [5.41, 5.74) is 0. The summed E-state index contributed by atoms with van der Waals surface area (Å²) >= 11 is 2.30. The largest absolute Gasteiger partial charge is 0.295 e.